The quantitative estimate of drug-likeness (QED) is 0.545. The molecule has 1 nitrogen and oxygen atoms in total. The molecule has 0 atom stereocenters. The van der Waals surface area contributed by atoms with Crippen LogP contribution in [0.2, 0.25) is 0 Å². The summed E-state index contributed by atoms with van der Waals surface area (Å²) in [7, 11) is 0. The van der Waals surface area contributed by atoms with Crippen LogP contribution in [0.15, 0.2) is 0 Å². The maximum absolute atomic E-state index is 11.5. The minimum atomic E-state index is -0.254. The Labute approximate surface area is 88.9 Å². The summed E-state index contributed by atoms with van der Waals surface area (Å²) in [5.41, 5.74) is 0. The Kier molecular flexibility index (Phi) is 7.12. The third kappa shape index (κ3) is 6.42. The predicted molar refractivity (Wildman–Crippen MR) is 59.9 cm³/mol. The van der Waals surface area contributed by atoms with E-state index in [2.05, 4.69) is 0 Å². The summed E-state index contributed by atoms with van der Waals surface area (Å²) in [6.07, 6.45) is 14.9. The highest BCUT2D eigenvalue weighted by Gasteiger charge is 2.06. The minimum absolute atomic E-state index is 0.254. The molecule has 0 aromatic heterocycles. The van der Waals surface area contributed by atoms with Crippen molar-refractivity contribution in [3.8, 4) is 0 Å². The molecule has 1 radical (unpaired) electrons. The van der Waals surface area contributed by atoms with Gasteiger partial charge in [-0.25, -0.2) is 5.11 Å². The number of hydrogen-bond donors (Lipinski definition) is 0. The Balaban J connectivity index is 2.12. The highest BCUT2D eigenvalue weighted by atomic mass is 16.3. The standard InChI is InChI=1S/C13H25O/c14-13-11-9-7-5-3-1-2-4-6-8-10-12-13/h13H,1-12H2. The van der Waals surface area contributed by atoms with E-state index in [4.69, 9.17) is 0 Å². The average Bonchev–Trinajstić information content (AvgIpc) is 2.20. The molecule has 0 unspecified atom stereocenters. The summed E-state index contributed by atoms with van der Waals surface area (Å²) in [6.45, 7) is 0. The molecule has 83 valence electrons. The van der Waals surface area contributed by atoms with Crippen molar-refractivity contribution >= 4 is 0 Å². The van der Waals surface area contributed by atoms with Gasteiger partial charge in [-0.05, 0) is 12.8 Å². The summed E-state index contributed by atoms with van der Waals surface area (Å²) in [5, 5.41) is 11.5. The minimum Gasteiger partial charge on any atom is -0.233 e. The molecule has 0 N–H and O–H groups in total. The zero-order valence-electron chi connectivity index (χ0n) is 9.47. The van der Waals surface area contributed by atoms with Crippen molar-refractivity contribution in [2.45, 2.75) is 83.2 Å². The third-order valence-electron chi connectivity index (χ3n) is 3.30. The van der Waals surface area contributed by atoms with Crippen LogP contribution < -0.4 is 0 Å². The zero-order chi connectivity index (χ0) is 10.1. The van der Waals surface area contributed by atoms with E-state index < -0.39 is 0 Å². The van der Waals surface area contributed by atoms with Crippen molar-refractivity contribution in [1.82, 2.24) is 0 Å². The van der Waals surface area contributed by atoms with E-state index in [-0.39, 0.29) is 6.10 Å². The zero-order valence-corrected chi connectivity index (χ0v) is 9.47. The largest absolute Gasteiger partial charge is 0.233 e. The van der Waals surface area contributed by atoms with Crippen LogP contribution in [0.5, 0.6) is 0 Å². The fourth-order valence-electron chi connectivity index (χ4n) is 2.30. The van der Waals surface area contributed by atoms with Crippen LogP contribution in [-0.4, -0.2) is 6.10 Å². The van der Waals surface area contributed by atoms with Crippen LogP contribution in [0, 0.1) is 0 Å². The van der Waals surface area contributed by atoms with E-state index in [9.17, 15) is 5.11 Å². The molecule has 1 rings (SSSR count). The van der Waals surface area contributed by atoms with E-state index in [1.54, 1.807) is 0 Å². The average molecular weight is 197 g/mol. The normalized spacial score (nSPS) is 24.6. The van der Waals surface area contributed by atoms with Gasteiger partial charge < -0.3 is 0 Å². The van der Waals surface area contributed by atoms with Gasteiger partial charge in [0.25, 0.3) is 0 Å². The number of rotatable bonds is 0. The molecule has 1 saturated carbocycles. The molecule has 0 heterocycles. The Bertz CT molecular complexity index is 108. The third-order valence-corrected chi connectivity index (χ3v) is 3.30. The molecule has 0 aromatic carbocycles. The Morgan fingerprint density at radius 1 is 0.500 bits per heavy atom. The van der Waals surface area contributed by atoms with Crippen LogP contribution in [-0.2, 0) is 5.11 Å². The second-order valence-electron chi connectivity index (χ2n) is 4.73. The molecule has 1 fully saturated rings. The van der Waals surface area contributed by atoms with Crippen LogP contribution in [0.25, 0.3) is 0 Å². The van der Waals surface area contributed by atoms with E-state index in [1.807, 2.05) is 0 Å². The van der Waals surface area contributed by atoms with Crippen molar-refractivity contribution in [3.05, 3.63) is 0 Å². The van der Waals surface area contributed by atoms with Gasteiger partial charge in [0.2, 0.25) is 0 Å². The predicted octanol–water partition coefficient (Wildman–Crippen LogP) is 4.48. The van der Waals surface area contributed by atoms with Gasteiger partial charge in [-0.3, -0.25) is 0 Å². The molecular weight excluding hydrogens is 172 g/mol. The fraction of sp³-hybridized carbons (Fsp3) is 1.00. The van der Waals surface area contributed by atoms with Crippen molar-refractivity contribution < 1.29 is 5.11 Å². The summed E-state index contributed by atoms with van der Waals surface area (Å²) < 4.78 is 0. The summed E-state index contributed by atoms with van der Waals surface area (Å²) >= 11 is 0. The first-order valence-electron chi connectivity index (χ1n) is 6.55. The Morgan fingerprint density at radius 3 is 1.14 bits per heavy atom. The summed E-state index contributed by atoms with van der Waals surface area (Å²) in [4.78, 5) is 0. The fourth-order valence-corrected chi connectivity index (χ4v) is 2.30. The Morgan fingerprint density at radius 2 is 0.786 bits per heavy atom. The molecular formula is C13H25O. The van der Waals surface area contributed by atoms with Gasteiger partial charge >= 0.3 is 0 Å². The van der Waals surface area contributed by atoms with E-state index in [0.717, 1.165) is 12.8 Å². The lowest BCUT2D eigenvalue weighted by molar-refractivity contribution is 0.0690. The highest BCUT2D eigenvalue weighted by Crippen LogP contribution is 2.16. The lowest BCUT2D eigenvalue weighted by Gasteiger charge is -2.06. The van der Waals surface area contributed by atoms with Crippen LogP contribution in [0.1, 0.15) is 77.0 Å². The van der Waals surface area contributed by atoms with Gasteiger partial charge in [-0.15, -0.1) is 0 Å². The first-order valence-corrected chi connectivity index (χ1v) is 6.55. The number of hydrogen-bond acceptors (Lipinski definition) is 0. The van der Waals surface area contributed by atoms with Gasteiger partial charge in [0.05, 0.1) is 6.10 Å². The second-order valence-corrected chi connectivity index (χ2v) is 4.73. The maximum atomic E-state index is 11.5. The first kappa shape index (κ1) is 12.0. The molecule has 14 heavy (non-hydrogen) atoms. The van der Waals surface area contributed by atoms with Crippen LogP contribution in [0.4, 0.5) is 0 Å². The molecule has 0 bridgehead atoms. The second kappa shape index (κ2) is 8.28. The van der Waals surface area contributed by atoms with E-state index >= 15 is 0 Å². The molecule has 0 aliphatic heterocycles. The molecule has 1 heteroatoms. The molecule has 0 amide bonds. The van der Waals surface area contributed by atoms with Gasteiger partial charge in [-0.1, -0.05) is 64.2 Å². The molecule has 1 aliphatic carbocycles. The lowest BCUT2D eigenvalue weighted by atomic mass is 10.0. The van der Waals surface area contributed by atoms with Crippen LogP contribution >= 0.6 is 0 Å². The molecule has 1 aliphatic rings. The SMILES string of the molecule is [O]C1CCCCCCCCCCCC1. The summed E-state index contributed by atoms with van der Waals surface area (Å²) in [5.74, 6) is 0. The molecule has 0 aromatic rings. The summed E-state index contributed by atoms with van der Waals surface area (Å²) in [6, 6.07) is 0. The van der Waals surface area contributed by atoms with Gasteiger partial charge in [0.15, 0.2) is 0 Å². The highest BCUT2D eigenvalue weighted by molar-refractivity contribution is 4.58. The smallest absolute Gasteiger partial charge is 0.0930 e. The van der Waals surface area contributed by atoms with Gasteiger partial charge in [0.1, 0.15) is 0 Å². The van der Waals surface area contributed by atoms with Crippen molar-refractivity contribution in [3.63, 3.8) is 0 Å². The van der Waals surface area contributed by atoms with E-state index in [1.165, 1.54) is 64.2 Å². The van der Waals surface area contributed by atoms with Crippen molar-refractivity contribution in [2.75, 3.05) is 0 Å². The molecule has 0 spiro atoms. The van der Waals surface area contributed by atoms with Gasteiger partial charge in [-0.2, -0.15) is 0 Å². The molecule has 0 saturated heterocycles. The van der Waals surface area contributed by atoms with Gasteiger partial charge in [0, 0.05) is 0 Å². The van der Waals surface area contributed by atoms with Crippen molar-refractivity contribution in [1.29, 1.82) is 0 Å². The first-order chi connectivity index (χ1) is 6.89. The Hall–Kier alpha value is -0.0400. The topological polar surface area (TPSA) is 19.9 Å². The monoisotopic (exact) mass is 197 g/mol. The maximum Gasteiger partial charge on any atom is 0.0930 e. The van der Waals surface area contributed by atoms with Crippen molar-refractivity contribution in [2.24, 2.45) is 0 Å². The lowest BCUT2D eigenvalue weighted by Crippen LogP contribution is -2.03. The van der Waals surface area contributed by atoms with Crippen LogP contribution in [0.3, 0.4) is 0 Å². The van der Waals surface area contributed by atoms with E-state index in [0.29, 0.717) is 0 Å².